The Kier molecular flexibility index (Phi) is 7.44. The molecule has 0 radical (unpaired) electrons. The number of aromatic nitrogens is 2. The van der Waals surface area contributed by atoms with Gasteiger partial charge in [0.2, 0.25) is 5.95 Å². The molecule has 0 aliphatic carbocycles. The number of aryl methyl sites for hydroxylation is 1. The highest BCUT2D eigenvalue weighted by Gasteiger charge is 2.35. The molecule has 0 bridgehead atoms. The molecule has 2 N–H and O–H groups in total. The van der Waals surface area contributed by atoms with Gasteiger partial charge >= 0.3 is 6.18 Å². The van der Waals surface area contributed by atoms with E-state index in [4.69, 9.17) is 0 Å². The van der Waals surface area contributed by atoms with Crippen molar-refractivity contribution in [3.63, 3.8) is 0 Å². The van der Waals surface area contributed by atoms with E-state index in [9.17, 15) is 17.6 Å². The molecule has 0 saturated carbocycles. The van der Waals surface area contributed by atoms with Crippen molar-refractivity contribution in [1.82, 2.24) is 9.97 Å². The van der Waals surface area contributed by atoms with Crippen molar-refractivity contribution in [2.24, 2.45) is 0 Å². The molecule has 4 nitrogen and oxygen atoms in total. The summed E-state index contributed by atoms with van der Waals surface area (Å²) in [6.07, 6.45) is 1.81. The SMILES string of the molecule is CCCCCCc1ccc(Nc2ncc(C(F)(F)F)c(Nc3ccc(F)cc3)n2)cc1. The molecule has 1 heterocycles. The summed E-state index contributed by atoms with van der Waals surface area (Å²) in [5.41, 5.74) is 1.15. The van der Waals surface area contributed by atoms with Crippen molar-refractivity contribution in [3.05, 3.63) is 71.7 Å². The van der Waals surface area contributed by atoms with Gasteiger partial charge in [0.05, 0.1) is 0 Å². The predicted octanol–water partition coefficient (Wildman–Crippen LogP) is 7.24. The van der Waals surface area contributed by atoms with E-state index in [0.29, 0.717) is 5.69 Å². The summed E-state index contributed by atoms with van der Waals surface area (Å²) < 4.78 is 53.2. The largest absolute Gasteiger partial charge is 0.421 e. The molecule has 0 spiro atoms. The minimum atomic E-state index is -4.64. The highest BCUT2D eigenvalue weighted by molar-refractivity contribution is 5.62. The molecule has 3 rings (SSSR count). The number of nitrogens with zero attached hydrogens (tertiary/aromatic N) is 2. The molecule has 164 valence electrons. The first-order valence-electron chi connectivity index (χ1n) is 10.2. The Balaban J connectivity index is 1.74. The Hall–Kier alpha value is -3.16. The molecular formula is C23H24F4N4. The molecule has 0 fully saturated rings. The van der Waals surface area contributed by atoms with E-state index in [0.717, 1.165) is 31.2 Å². The molecule has 8 heteroatoms. The van der Waals surface area contributed by atoms with E-state index in [1.165, 1.54) is 37.0 Å². The zero-order chi connectivity index (χ0) is 22.3. The first kappa shape index (κ1) is 22.5. The van der Waals surface area contributed by atoms with Crippen LogP contribution in [0.1, 0.15) is 43.7 Å². The second kappa shape index (κ2) is 10.2. The number of alkyl halides is 3. The smallest absolute Gasteiger partial charge is 0.340 e. The molecule has 0 saturated heterocycles. The van der Waals surface area contributed by atoms with Crippen molar-refractivity contribution >= 4 is 23.1 Å². The van der Waals surface area contributed by atoms with Crippen LogP contribution < -0.4 is 10.6 Å². The van der Waals surface area contributed by atoms with Gasteiger partial charge in [-0.15, -0.1) is 0 Å². The quantitative estimate of drug-likeness (QED) is 0.276. The van der Waals surface area contributed by atoms with Crippen LogP contribution in [0.25, 0.3) is 0 Å². The number of unbranched alkanes of at least 4 members (excludes halogenated alkanes) is 3. The van der Waals surface area contributed by atoms with Gasteiger partial charge in [-0.05, 0) is 54.8 Å². The number of nitrogens with one attached hydrogen (secondary N) is 2. The van der Waals surface area contributed by atoms with Crippen LogP contribution >= 0.6 is 0 Å². The van der Waals surface area contributed by atoms with E-state index in [1.807, 2.05) is 24.3 Å². The van der Waals surface area contributed by atoms with Crippen LogP contribution in [0.15, 0.2) is 54.7 Å². The van der Waals surface area contributed by atoms with E-state index in [-0.39, 0.29) is 11.6 Å². The third-order valence-corrected chi connectivity index (χ3v) is 4.73. The van der Waals surface area contributed by atoms with Crippen LogP contribution in [0, 0.1) is 5.82 Å². The summed E-state index contributed by atoms with van der Waals surface area (Å²) in [6.45, 7) is 2.17. The average molecular weight is 432 g/mol. The number of benzene rings is 2. The van der Waals surface area contributed by atoms with Gasteiger partial charge < -0.3 is 10.6 Å². The topological polar surface area (TPSA) is 49.8 Å². The predicted molar refractivity (Wildman–Crippen MR) is 114 cm³/mol. The van der Waals surface area contributed by atoms with Gasteiger partial charge in [0.15, 0.2) is 0 Å². The first-order valence-corrected chi connectivity index (χ1v) is 10.2. The highest BCUT2D eigenvalue weighted by Crippen LogP contribution is 2.35. The van der Waals surface area contributed by atoms with E-state index in [2.05, 4.69) is 27.5 Å². The first-order chi connectivity index (χ1) is 14.8. The maximum atomic E-state index is 13.4. The van der Waals surface area contributed by atoms with Gasteiger partial charge in [0, 0.05) is 17.6 Å². The Morgan fingerprint density at radius 1 is 0.839 bits per heavy atom. The lowest BCUT2D eigenvalue weighted by Crippen LogP contribution is -2.12. The second-order valence-corrected chi connectivity index (χ2v) is 7.22. The molecule has 0 amide bonds. The summed E-state index contributed by atoms with van der Waals surface area (Å²) in [5, 5.41) is 5.53. The summed E-state index contributed by atoms with van der Waals surface area (Å²) in [7, 11) is 0. The van der Waals surface area contributed by atoms with Gasteiger partial charge in [0.1, 0.15) is 17.2 Å². The van der Waals surface area contributed by atoms with E-state index < -0.39 is 23.4 Å². The fourth-order valence-corrected chi connectivity index (χ4v) is 3.05. The van der Waals surface area contributed by atoms with Crippen LogP contribution in [-0.2, 0) is 12.6 Å². The molecule has 0 aliphatic heterocycles. The lowest BCUT2D eigenvalue weighted by molar-refractivity contribution is -0.137. The Labute approximate surface area is 178 Å². The molecule has 31 heavy (non-hydrogen) atoms. The number of hydrogen-bond donors (Lipinski definition) is 2. The van der Waals surface area contributed by atoms with Crippen molar-refractivity contribution in [1.29, 1.82) is 0 Å². The Bertz CT molecular complexity index is 970. The van der Waals surface area contributed by atoms with E-state index in [1.54, 1.807) is 0 Å². The second-order valence-electron chi connectivity index (χ2n) is 7.22. The highest BCUT2D eigenvalue weighted by atomic mass is 19.4. The van der Waals surface area contributed by atoms with Gasteiger partial charge in [-0.25, -0.2) is 9.37 Å². The van der Waals surface area contributed by atoms with Crippen LogP contribution in [0.4, 0.5) is 40.7 Å². The summed E-state index contributed by atoms with van der Waals surface area (Å²) in [4.78, 5) is 7.80. The molecular weight excluding hydrogens is 408 g/mol. The fraction of sp³-hybridized carbons (Fsp3) is 0.304. The van der Waals surface area contributed by atoms with Crippen molar-refractivity contribution in [2.75, 3.05) is 10.6 Å². The summed E-state index contributed by atoms with van der Waals surface area (Å²) in [5.74, 6) is -0.877. The summed E-state index contributed by atoms with van der Waals surface area (Å²) >= 11 is 0. The van der Waals surface area contributed by atoms with Crippen LogP contribution in [-0.4, -0.2) is 9.97 Å². The number of rotatable bonds is 9. The molecule has 2 aromatic carbocycles. The van der Waals surface area contributed by atoms with Gasteiger partial charge in [-0.2, -0.15) is 18.2 Å². The molecule has 0 unspecified atom stereocenters. The fourth-order valence-electron chi connectivity index (χ4n) is 3.05. The van der Waals surface area contributed by atoms with Crippen LogP contribution in [0.3, 0.4) is 0 Å². The van der Waals surface area contributed by atoms with Crippen molar-refractivity contribution < 1.29 is 17.6 Å². The molecule has 1 aromatic heterocycles. The normalized spacial score (nSPS) is 11.4. The van der Waals surface area contributed by atoms with Gasteiger partial charge in [-0.3, -0.25) is 0 Å². The number of anilines is 4. The van der Waals surface area contributed by atoms with Crippen LogP contribution in [0.5, 0.6) is 0 Å². The number of hydrogen-bond acceptors (Lipinski definition) is 4. The standard InChI is InChI=1S/C23H24F4N4/c1-2-3-4-5-6-16-7-11-19(12-8-16)30-22-28-15-20(23(25,26)27)21(31-22)29-18-13-9-17(24)10-14-18/h7-15H,2-6H2,1H3,(H2,28,29,30,31). The maximum absolute atomic E-state index is 13.4. The van der Waals surface area contributed by atoms with Crippen molar-refractivity contribution in [2.45, 2.75) is 45.2 Å². The Morgan fingerprint density at radius 3 is 2.13 bits per heavy atom. The lowest BCUT2D eigenvalue weighted by Gasteiger charge is -2.15. The maximum Gasteiger partial charge on any atom is 0.421 e. The third kappa shape index (κ3) is 6.67. The van der Waals surface area contributed by atoms with Gasteiger partial charge in [-0.1, -0.05) is 38.3 Å². The van der Waals surface area contributed by atoms with Crippen molar-refractivity contribution in [3.8, 4) is 0 Å². The minimum absolute atomic E-state index is 0.0216. The van der Waals surface area contributed by atoms with Crippen LogP contribution in [0.2, 0.25) is 0 Å². The molecule has 0 aliphatic rings. The summed E-state index contributed by atoms with van der Waals surface area (Å²) in [6, 6.07) is 12.6. The average Bonchev–Trinajstić information content (AvgIpc) is 2.73. The zero-order valence-corrected chi connectivity index (χ0v) is 17.1. The minimum Gasteiger partial charge on any atom is -0.340 e. The third-order valence-electron chi connectivity index (χ3n) is 4.73. The monoisotopic (exact) mass is 432 g/mol. The zero-order valence-electron chi connectivity index (χ0n) is 17.1. The molecule has 0 atom stereocenters. The Morgan fingerprint density at radius 2 is 1.48 bits per heavy atom. The number of halogens is 4. The van der Waals surface area contributed by atoms with E-state index >= 15 is 0 Å². The lowest BCUT2D eigenvalue weighted by atomic mass is 10.1. The van der Waals surface area contributed by atoms with Gasteiger partial charge in [0.25, 0.3) is 0 Å². The molecule has 3 aromatic rings.